The first-order valence-electron chi connectivity index (χ1n) is 8.49. The lowest BCUT2D eigenvalue weighted by Gasteiger charge is -2.12. The van der Waals surface area contributed by atoms with E-state index in [4.69, 9.17) is 4.74 Å². The van der Waals surface area contributed by atoms with Crippen molar-refractivity contribution in [1.29, 1.82) is 0 Å². The molecule has 2 heterocycles. The van der Waals surface area contributed by atoms with Crippen LogP contribution >= 0.6 is 0 Å². The van der Waals surface area contributed by atoms with Crippen molar-refractivity contribution < 1.29 is 19.4 Å². The van der Waals surface area contributed by atoms with Crippen molar-refractivity contribution in [3.05, 3.63) is 65.2 Å². The van der Waals surface area contributed by atoms with Gasteiger partial charge in [0, 0.05) is 42.7 Å². The number of hydrogen-bond donors (Lipinski definition) is 1. The third-order valence-electron chi connectivity index (χ3n) is 4.84. The Morgan fingerprint density at radius 3 is 2.74 bits per heavy atom. The van der Waals surface area contributed by atoms with Crippen LogP contribution in [-0.4, -0.2) is 43.7 Å². The molecule has 4 rings (SSSR count). The maximum absolute atomic E-state index is 12.3. The standard InChI is InChI=1S/C19H18N4O4/c1-22-10-16(20-21-22)14-9-15(14)17-13(19(26)27-2)6-7-23(17)12-5-3-4-11(8-12)18(24)25/h3-8,10,14-15H,9H2,1-2H3,(H,24,25)/t14-,15-/m1/s1. The Bertz CT molecular complexity index is 1040. The van der Waals surface area contributed by atoms with E-state index in [2.05, 4.69) is 10.3 Å². The Hall–Kier alpha value is -3.42. The third-order valence-corrected chi connectivity index (χ3v) is 4.84. The second-order valence-corrected chi connectivity index (χ2v) is 6.60. The van der Waals surface area contributed by atoms with Crippen molar-refractivity contribution in [2.24, 2.45) is 7.05 Å². The third kappa shape index (κ3) is 2.99. The van der Waals surface area contributed by atoms with E-state index in [1.54, 1.807) is 29.1 Å². The summed E-state index contributed by atoms with van der Waals surface area (Å²) in [7, 11) is 3.16. The Kier molecular flexibility index (Phi) is 4.02. The van der Waals surface area contributed by atoms with Gasteiger partial charge in [0.1, 0.15) is 0 Å². The molecule has 8 heteroatoms. The van der Waals surface area contributed by atoms with Crippen LogP contribution in [0.1, 0.15) is 50.4 Å². The van der Waals surface area contributed by atoms with E-state index in [-0.39, 0.29) is 17.4 Å². The van der Waals surface area contributed by atoms with E-state index >= 15 is 0 Å². The van der Waals surface area contributed by atoms with Crippen LogP contribution in [0, 0.1) is 0 Å². The monoisotopic (exact) mass is 366 g/mol. The largest absolute Gasteiger partial charge is 0.478 e. The SMILES string of the molecule is COC(=O)c1ccn(-c2cccc(C(=O)O)c2)c1[C@@H]1C[C@H]1c1cn(C)nn1. The lowest BCUT2D eigenvalue weighted by Crippen LogP contribution is -2.08. The average Bonchev–Trinajstić information content (AvgIpc) is 3.12. The van der Waals surface area contributed by atoms with Gasteiger partial charge in [-0.05, 0) is 30.7 Å². The molecule has 1 aliphatic rings. The van der Waals surface area contributed by atoms with E-state index < -0.39 is 11.9 Å². The van der Waals surface area contributed by atoms with E-state index in [0.29, 0.717) is 11.3 Å². The smallest absolute Gasteiger partial charge is 0.339 e. The minimum atomic E-state index is -0.998. The Morgan fingerprint density at radius 2 is 2.07 bits per heavy atom. The minimum absolute atomic E-state index is 0.0827. The van der Waals surface area contributed by atoms with Gasteiger partial charge in [0.2, 0.25) is 0 Å². The highest BCUT2D eigenvalue weighted by Crippen LogP contribution is 2.55. The fraction of sp³-hybridized carbons (Fsp3) is 0.263. The second kappa shape index (κ2) is 6.39. The highest BCUT2D eigenvalue weighted by Gasteiger charge is 2.45. The fourth-order valence-corrected chi connectivity index (χ4v) is 3.48. The quantitative estimate of drug-likeness (QED) is 0.696. The van der Waals surface area contributed by atoms with Gasteiger partial charge in [0.05, 0.1) is 23.9 Å². The summed E-state index contributed by atoms with van der Waals surface area (Å²) in [5, 5.41) is 17.4. The molecule has 2 atom stereocenters. The normalized spacial score (nSPS) is 18.3. The molecule has 1 aliphatic carbocycles. The van der Waals surface area contributed by atoms with E-state index in [9.17, 15) is 14.7 Å². The van der Waals surface area contributed by atoms with Crippen LogP contribution in [0.4, 0.5) is 0 Å². The highest BCUT2D eigenvalue weighted by molar-refractivity contribution is 5.92. The molecule has 1 aromatic carbocycles. The van der Waals surface area contributed by atoms with Gasteiger partial charge in [0.15, 0.2) is 0 Å². The molecule has 1 N–H and O–H groups in total. The van der Waals surface area contributed by atoms with Crippen LogP contribution in [-0.2, 0) is 11.8 Å². The molecule has 0 radical (unpaired) electrons. The van der Waals surface area contributed by atoms with Gasteiger partial charge >= 0.3 is 11.9 Å². The second-order valence-electron chi connectivity index (χ2n) is 6.60. The molecule has 27 heavy (non-hydrogen) atoms. The number of aromatic nitrogens is 4. The number of hydrogen-bond acceptors (Lipinski definition) is 5. The minimum Gasteiger partial charge on any atom is -0.478 e. The number of carbonyl (C=O) groups excluding carboxylic acids is 1. The fourth-order valence-electron chi connectivity index (χ4n) is 3.48. The summed E-state index contributed by atoms with van der Waals surface area (Å²) in [6, 6.07) is 8.34. The van der Waals surface area contributed by atoms with Crippen LogP contribution in [0.15, 0.2) is 42.7 Å². The van der Waals surface area contributed by atoms with E-state index in [1.807, 2.05) is 23.9 Å². The molecule has 3 aromatic rings. The van der Waals surface area contributed by atoms with Gasteiger partial charge in [0.25, 0.3) is 0 Å². The lowest BCUT2D eigenvalue weighted by atomic mass is 10.1. The molecule has 0 bridgehead atoms. The van der Waals surface area contributed by atoms with E-state index in [1.165, 1.54) is 13.2 Å². The molecule has 138 valence electrons. The van der Waals surface area contributed by atoms with Crippen molar-refractivity contribution in [2.45, 2.75) is 18.3 Å². The zero-order valence-electron chi connectivity index (χ0n) is 14.9. The molecular formula is C19H18N4O4. The number of aryl methyl sites for hydroxylation is 1. The summed E-state index contributed by atoms with van der Waals surface area (Å²) in [6.45, 7) is 0. The predicted molar refractivity (Wildman–Crippen MR) is 95.2 cm³/mol. The van der Waals surface area contributed by atoms with E-state index in [0.717, 1.165) is 17.8 Å². The van der Waals surface area contributed by atoms with Crippen molar-refractivity contribution in [3.8, 4) is 5.69 Å². The zero-order chi connectivity index (χ0) is 19.1. The molecule has 0 amide bonds. The first kappa shape index (κ1) is 17.0. The van der Waals surface area contributed by atoms with Gasteiger partial charge in [-0.3, -0.25) is 4.68 Å². The van der Waals surface area contributed by atoms with Crippen molar-refractivity contribution in [1.82, 2.24) is 19.6 Å². The number of ether oxygens (including phenoxy) is 1. The topological polar surface area (TPSA) is 99.2 Å². The number of aromatic carboxylic acids is 1. The maximum Gasteiger partial charge on any atom is 0.339 e. The number of carboxylic acids is 1. The molecule has 1 fully saturated rings. The number of nitrogens with zero attached hydrogens (tertiary/aromatic N) is 4. The summed E-state index contributed by atoms with van der Waals surface area (Å²) >= 11 is 0. The molecular weight excluding hydrogens is 348 g/mol. The van der Waals surface area contributed by atoms with Crippen LogP contribution in [0.3, 0.4) is 0 Å². The first-order chi connectivity index (χ1) is 13.0. The molecule has 0 saturated heterocycles. The zero-order valence-corrected chi connectivity index (χ0v) is 14.9. The lowest BCUT2D eigenvalue weighted by molar-refractivity contribution is 0.0598. The number of esters is 1. The van der Waals surface area contributed by atoms with Gasteiger partial charge in [-0.1, -0.05) is 11.3 Å². The maximum atomic E-state index is 12.3. The number of benzene rings is 1. The molecule has 0 spiro atoms. The number of carbonyl (C=O) groups is 2. The van der Waals surface area contributed by atoms with Crippen LogP contribution in [0.2, 0.25) is 0 Å². The summed E-state index contributed by atoms with van der Waals surface area (Å²) in [5.41, 5.74) is 3.04. The summed E-state index contributed by atoms with van der Waals surface area (Å²) in [6.07, 6.45) is 4.49. The summed E-state index contributed by atoms with van der Waals surface area (Å²) in [5.74, 6) is -1.16. The summed E-state index contributed by atoms with van der Waals surface area (Å²) in [4.78, 5) is 23.6. The van der Waals surface area contributed by atoms with Gasteiger partial charge in [-0.2, -0.15) is 0 Å². The van der Waals surface area contributed by atoms with Gasteiger partial charge < -0.3 is 14.4 Å². The van der Waals surface area contributed by atoms with Crippen molar-refractivity contribution >= 4 is 11.9 Å². The number of methoxy groups -OCH3 is 1. The van der Waals surface area contributed by atoms with Crippen LogP contribution < -0.4 is 0 Å². The number of rotatable bonds is 5. The average molecular weight is 366 g/mol. The molecule has 0 aliphatic heterocycles. The molecule has 8 nitrogen and oxygen atoms in total. The Morgan fingerprint density at radius 1 is 1.26 bits per heavy atom. The van der Waals surface area contributed by atoms with Crippen molar-refractivity contribution in [3.63, 3.8) is 0 Å². The van der Waals surface area contributed by atoms with Crippen LogP contribution in [0.25, 0.3) is 5.69 Å². The van der Waals surface area contributed by atoms with Crippen molar-refractivity contribution in [2.75, 3.05) is 7.11 Å². The summed E-state index contributed by atoms with van der Waals surface area (Å²) < 4.78 is 8.45. The van der Waals surface area contributed by atoms with Gasteiger partial charge in [-0.15, -0.1) is 5.10 Å². The molecule has 0 unspecified atom stereocenters. The van der Waals surface area contributed by atoms with Crippen LogP contribution in [0.5, 0.6) is 0 Å². The molecule has 1 saturated carbocycles. The Labute approximate surface area is 155 Å². The highest BCUT2D eigenvalue weighted by atomic mass is 16.5. The predicted octanol–water partition coefficient (Wildman–Crippen LogP) is 2.36. The van der Waals surface area contributed by atoms with Gasteiger partial charge in [-0.25, -0.2) is 9.59 Å². The number of carboxylic acid groups (broad SMARTS) is 1. The molecule has 2 aromatic heterocycles. The Balaban J connectivity index is 1.78. The first-order valence-corrected chi connectivity index (χ1v) is 8.49.